The molecule has 0 aromatic carbocycles. The highest BCUT2D eigenvalue weighted by atomic mass is 16.5. The minimum atomic E-state index is 0.398. The minimum Gasteiger partial charge on any atom is -0.378 e. The lowest BCUT2D eigenvalue weighted by molar-refractivity contribution is 0.0675. The van der Waals surface area contributed by atoms with Crippen molar-refractivity contribution >= 4 is 18.3 Å². The lowest BCUT2D eigenvalue weighted by Crippen LogP contribution is -2.44. The van der Waals surface area contributed by atoms with Crippen LogP contribution in [0, 0.1) is 0 Å². The quantitative estimate of drug-likeness (QED) is 0.297. The summed E-state index contributed by atoms with van der Waals surface area (Å²) in [5.41, 5.74) is 11.6. The molecule has 1 fully saturated rings. The third-order valence-corrected chi connectivity index (χ3v) is 5.43. The summed E-state index contributed by atoms with van der Waals surface area (Å²) >= 11 is 0. The van der Waals surface area contributed by atoms with Crippen LogP contribution in [0.15, 0.2) is 82.9 Å². The normalized spacial score (nSPS) is 16.1. The molecule has 1 saturated heterocycles. The van der Waals surface area contributed by atoms with Crippen LogP contribution < -0.4 is 11.1 Å². The van der Waals surface area contributed by atoms with E-state index in [9.17, 15) is 0 Å². The monoisotopic (exact) mass is 463 g/mol. The Labute approximate surface area is 203 Å². The first-order valence-electron chi connectivity index (χ1n) is 11.3. The molecule has 1 aliphatic rings. The molecule has 0 aliphatic carbocycles. The molecule has 8 nitrogen and oxygen atoms in total. The summed E-state index contributed by atoms with van der Waals surface area (Å²) in [5.74, 6) is 0.484. The van der Waals surface area contributed by atoms with E-state index in [1.807, 2.05) is 35.6 Å². The molecule has 34 heavy (non-hydrogen) atoms. The average molecular weight is 464 g/mol. The molecule has 0 atom stereocenters. The maximum absolute atomic E-state index is 6.12. The minimum absolute atomic E-state index is 0.398. The summed E-state index contributed by atoms with van der Waals surface area (Å²) < 4.78 is 7.26. The van der Waals surface area contributed by atoms with Gasteiger partial charge in [-0.1, -0.05) is 38.8 Å². The Hall–Kier alpha value is -3.65. The Bertz CT molecular complexity index is 1020. The molecular weight excluding hydrogens is 426 g/mol. The van der Waals surface area contributed by atoms with Gasteiger partial charge in [-0.15, -0.1) is 0 Å². The maximum Gasteiger partial charge on any atom is 0.196 e. The lowest BCUT2D eigenvalue weighted by Gasteiger charge is -2.27. The van der Waals surface area contributed by atoms with Crippen LogP contribution in [-0.2, 0) is 11.8 Å². The number of allylic oxidation sites excluding steroid dienone is 6. The van der Waals surface area contributed by atoms with E-state index in [4.69, 9.17) is 10.5 Å². The van der Waals surface area contributed by atoms with Gasteiger partial charge in [0.15, 0.2) is 5.96 Å². The van der Waals surface area contributed by atoms with E-state index in [2.05, 4.69) is 46.9 Å². The van der Waals surface area contributed by atoms with Gasteiger partial charge in [0.05, 0.1) is 31.4 Å². The number of morpholine rings is 1. The summed E-state index contributed by atoms with van der Waals surface area (Å²) in [6, 6.07) is 0. The SMILES string of the molecule is C=CC(=C\N=C(/N)N1CCOCC1)/C(C)=C/C=C(/NC/N=C\c1ncn(C)c1C=C)C(=C)CC. The maximum atomic E-state index is 6.12. The van der Waals surface area contributed by atoms with E-state index < -0.39 is 0 Å². The molecule has 1 aliphatic heterocycles. The van der Waals surface area contributed by atoms with Crippen molar-refractivity contribution in [3.63, 3.8) is 0 Å². The molecule has 2 heterocycles. The Morgan fingerprint density at radius 1 is 1.29 bits per heavy atom. The zero-order chi connectivity index (χ0) is 24.9. The van der Waals surface area contributed by atoms with Gasteiger partial charge in [-0.3, -0.25) is 4.99 Å². The Morgan fingerprint density at radius 3 is 2.68 bits per heavy atom. The van der Waals surface area contributed by atoms with Crippen LogP contribution in [0.25, 0.3) is 6.08 Å². The highest BCUT2D eigenvalue weighted by molar-refractivity contribution is 5.82. The van der Waals surface area contributed by atoms with Crippen LogP contribution in [0.4, 0.5) is 0 Å². The number of nitrogens with one attached hydrogen (secondary N) is 1. The summed E-state index contributed by atoms with van der Waals surface area (Å²) in [4.78, 5) is 15.2. The Kier molecular flexibility index (Phi) is 10.8. The van der Waals surface area contributed by atoms with Gasteiger partial charge in [0.25, 0.3) is 0 Å². The highest BCUT2D eigenvalue weighted by Gasteiger charge is 2.11. The fraction of sp³-hybridized carbons (Fsp3) is 0.346. The number of hydrogen-bond acceptors (Lipinski definition) is 5. The second-order valence-corrected chi connectivity index (χ2v) is 7.74. The van der Waals surface area contributed by atoms with Crippen molar-refractivity contribution in [1.82, 2.24) is 19.8 Å². The number of nitrogens with zero attached hydrogens (tertiary/aromatic N) is 5. The zero-order valence-corrected chi connectivity index (χ0v) is 20.6. The van der Waals surface area contributed by atoms with Crippen molar-refractivity contribution < 1.29 is 4.74 Å². The number of aryl methyl sites for hydroxylation is 1. The highest BCUT2D eigenvalue weighted by Crippen LogP contribution is 2.14. The van der Waals surface area contributed by atoms with Gasteiger partial charge in [0.1, 0.15) is 12.4 Å². The van der Waals surface area contributed by atoms with E-state index in [1.165, 1.54) is 0 Å². The van der Waals surface area contributed by atoms with Gasteiger partial charge >= 0.3 is 0 Å². The van der Waals surface area contributed by atoms with Crippen molar-refractivity contribution in [3.05, 3.63) is 84.3 Å². The third-order valence-electron chi connectivity index (χ3n) is 5.43. The molecule has 1 aromatic heterocycles. The van der Waals surface area contributed by atoms with Crippen molar-refractivity contribution in [2.24, 2.45) is 22.8 Å². The number of nitrogens with two attached hydrogens (primary N) is 1. The first kappa shape index (κ1) is 26.6. The Balaban J connectivity index is 2.10. The number of rotatable bonds is 11. The zero-order valence-electron chi connectivity index (χ0n) is 20.6. The standard InChI is InChI=1S/C26H37N7O/c1-7-20(4)23(30-18-28-17-24-25(9-3)32(6)19-31-24)11-10-21(5)22(8-2)16-29-26(27)33-12-14-34-15-13-33/h8-11,16-17,19,30H,2-4,7,12-15,18H2,1,5-6H3,(H2,27,29)/b21-10+,22-16+,23-11+,28-17-. The van der Waals surface area contributed by atoms with E-state index >= 15 is 0 Å². The molecule has 1 aromatic rings. The number of imidazole rings is 1. The molecule has 2 rings (SSSR count). The summed E-state index contributed by atoms with van der Waals surface area (Å²) in [6.45, 7) is 19.2. The van der Waals surface area contributed by atoms with Crippen LogP contribution in [0.5, 0.6) is 0 Å². The van der Waals surface area contributed by atoms with Crippen LogP contribution in [0.3, 0.4) is 0 Å². The molecule has 0 amide bonds. The van der Waals surface area contributed by atoms with Crippen molar-refractivity contribution in [3.8, 4) is 0 Å². The van der Waals surface area contributed by atoms with Crippen molar-refractivity contribution in [2.45, 2.75) is 20.3 Å². The topological polar surface area (TPSA) is 93.1 Å². The van der Waals surface area contributed by atoms with E-state index in [0.29, 0.717) is 25.8 Å². The Morgan fingerprint density at radius 2 is 2.03 bits per heavy atom. The molecule has 3 N–H and O–H groups in total. The van der Waals surface area contributed by atoms with Crippen LogP contribution in [0.1, 0.15) is 31.7 Å². The lowest BCUT2D eigenvalue weighted by atomic mass is 10.1. The molecule has 8 heteroatoms. The van der Waals surface area contributed by atoms with E-state index in [-0.39, 0.29) is 0 Å². The summed E-state index contributed by atoms with van der Waals surface area (Å²) in [7, 11) is 1.93. The number of aliphatic imine (C=N–C) groups is 2. The summed E-state index contributed by atoms with van der Waals surface area (Å²) in [5, 5.41) is 3.34. The fourth-order valence-corrected chi connectivity index (χ4v) is 3.19. The van der Waals surface area contributed by atoms with E-state index in [0.717, 1.165) is 53.3 Å². The van der Waals surface area contributed by atoms with Gasteiger partial charge in [-0.05, 0) is 42.2 Å². The molecule has 0 spiro atoms. The number of ether oxygens (including phenoxy) is 1. The van der Waals surface area contributed by atoms with Crippen molar-refractivity contribution in [1.29, 1.82) is 0 Å². The molecule has 0 radical (unpaired) electrons. The second kappa shape index (κ2) is 13.8. The van der Waals surface area contributed by atoms with Crippen LogP contribution in [0.2, 0.25) is 0 Å². The van der Waals surface area contributed by atoms with Gasteiger partial charge in [-0.2, -0.15) is 0 Å². The average Bonchev–Trinajstić information content (AvgIpc) is 3.22. The first-order valence-corrected chi connectivity index (χ1v) is 11.3. The van der Waals surface area contributed by atoms with Crippen molar-refractivity contribution in [2.75, 3.05) is 33.0 Å². The number of guanidine groups is 1. The number of hydrogen-bond donors (Lipinski definition) is 2. The molecule has 0 unspecified atom stereocenters. The van der Waals surface area contributed by atoms with E-state index in [1.54, 1.807) is 30.9 Å². The summed E-state index contributed by atoms with van der Waals surface area (Å²) in [6.07, 6.45) is 13.6. The van der Waals surface area contributed by atoms with Gasteiger partial charge in [0.2, 0.25) is 0 Å². The predicted octanol–water partition coefficient (Wildman–Crippen LogP) is 3.54. The fourth-order valence-electron chi connectivity index (χ4n) is 3.19. The first-order chi connectivity index (χ1) is 16.4. The number of aromatic nitrogens is 2. The largest absolute Gasteiger partial charge is 0.378 e. The molecule has 0 bridgehead atoms. The van der Waals surface area contributed by atoms with Gasteiger partial charge in [0, 0.05) is 32.0 Å². The van der Waals surface area contributed by atoms with Gasteiger partial charge in [-0.25, -0.2) is 9.98 Å². The molecule has 0 saturated carbocycles. The second-order valence-electron chi connectivity index (χ2n) is 7.74. The van der Waals surface area contributed by atoms with Gasteiger partial charge < -0.3 is 25.3 Å². The third kappa shape index (κ3) is 7.74. The van der Waals surface area contributed by atoms with Crippen LogP contribution in [-0.4, -0.2) is 59.6 Å². The predicted molar refractivity (Wildman–Crippen MR) is 142 cm³/mol. The smallest absolute Gasteiger partial charge is 0.196 e. The molecular formula is C26H37N7O. The molecule has 182 valence electrons. The van der Waals surface area contributed by atoms with Crippen LogP contribution >= 0.6 is 0 Å².